The molecule has 0 aliphatic rings. The molecule has 0 heterocycles. The van der Waals surface area contributed by atoms with E-state index in [0.717, 1.165) is 61.9 Å². The third-order valence-corrected chi connectivity index (χ3v) is 10.5. The highest BCUT2D eigenvalue weighted by Crippen LogP contribution is 2.26. The molecule has 4 aromatic rings. The van der Waals surface area contributed by atoms with Crippen LogP contribution in [0.5, 0.6) is 0 Å². The van der Waals surface area contributed by atoms with Crippen LogP contribution in [0, 0.1) is 17.8 Å². The number of amides is 2. The van der Waals surface area contributed by atoms with Gasteiger partial charge in [0.2, 0.25) is 11.8 Å². The first-order valence-corrected chi connectivity index (χ1v) is 19.3. The van der Waals surface area contributed by atoms with Crippen molar-refractivity contribution in [3.05, 3.63) is 144 Å². The van der Waals surface area contributed by atoms with E-state index in [1.165, 1.54) is 5.56 Å². The quantitative estimate of drug-likeness (QED) is 0.0774. The monoisotopic (exact) mass is 716 g/mol. The Bertz CT molecular complexity index is 1610. The molecule has 2 amide bonds. The van der Waals surface area contributed by atoms with Crippen LogP contribution in [-0.2, 0) is 27.3 Å². The van der Waals surface area contributed by atoms with Gasteiger partial charge in [-0.25, -0.2) is 0 Å². The molecule has 0 spiro atoms. The second-order valence-electron chi connectivity index (χ2n) is 14.8. The maximum Gasteiger partial charge on any atom is 0.238 e. The topological polar surface area (TPSA) is 90.5 Å². The van der Waals surface area contributed by atoms with Crippen LogP contribution in [0.15, 0.2) is 121 Å². The van der Waals surface area contributed by atoms with E-state index in [4.69, 9.17) is 0 Å². The van der Waals surface area contributed by atoms with Gasteiger partial charge in [0.25, 0.3) is 0 Å². The van der Waals surface area contributed by atoms with E-state index in [1.54, 1.807) is 14.0 Å². The van der Waals surface area contributed by atoms with Gasteiger partial charge in [0, 0.05) is 12.5 Å². The lowest BCUT2D eigenvalue weighted by Gasteiger charge is -2.30. The predicted octanol–water partition coefficient (Wildman–Crippen LogP) is 7.77. The fraction of sp³-hybridized carbons (Fsp3) is 0.413. The van der Waals surface area contributed by atoms with Crippen molar-refractivity contribution < 1.29 is 14.4 Å². The van der Waals surface area contributed by atoms with Crippen molar-refractivity contribution in [2.45, 2.75) is 84.0 Å². The molecule has 282 valence electrons. The lowest BCUT2D eigenvalue weighted by atomic mass is 9.84. The Hall–Kier alpha value is -4.59. The number of ketones is 1. The molecule has 0 aliphatic carbocycles. The zero-order valence-corrected chi connectivity index (χ0v) is 32.3. The van der Waals surface area contributed by atoms with Crippen LogP contribution in [-0.4, -0.2) is 55.2 Å². The second kappa shape index (κ2) is 21.8. The third kappa shape index (κ3) is 13.7. The molecule has 0 fully saturated rings. The number of benzene rings is 4. The molecule has 0 aromatic heterocycles. The fourth-order valence-corrected chi connectivity index (χ4v) is 7.06. The van der Waals surface area contributed by atoms with E-state index >= 15 is 0 Å². The van der Waals surface area contributed by atoms with Gasteiger partial charge in [0.05, 0.1) is 18.1 Å². The number of carbonyl (C=O) groups excluding carboxylic acids is 3. The molecule has 3 N–H and O–H groups in total. The predicted molar refractivity (Wildman–Crippen MR) is 216 cm³/mol. The Balaban J connectivity index is 1.38. The Morgan fingerprint density at radius 1 is 0.623 bits per heavy atom. The fourth-order valence-electron chi connectivity index (χ4n) is 7.06. The summed E-state index contributed by atoms with van der Waals surface area (Å²) in [5.41, 5.74) is 4.42. The van der Waals surface area contributed by atoms with Crippen LogP contribution in [0.3, 0.4) is 0 Å². The molecular formula is C46H60N4O3. The SMILES string of the molecule is CNC(Cc1ccccc1)C(=O)NC(C(C)=O)[C@H](CCC(C)CC[C@H](C)C(=O)NC(c1ccccc1)c1ccccc1)CCN(C)Cc1ccccc1. The Labute approximate surface area is 318 Å². The summed E-state index contributed by atoms with van der Waals surface area (Å²) in [6.45, 7) is 7.45. The van der Waals surface area contributed by atoms with Crippen LogP contribution in [0.4, 0.5) is 0 Å². The first-order chi connectivity index (χ1) is 25.6. The van der Waals surface area contributed by atoms with Gasteiger partial charge in [-0.2, -0.15) is 0 Å². The molecule has 7 heteroatoms. The van der Waals surface area contributed by atoms with Crippen LogP contribution in [0.25, 0.3) is 0 Å². The van der Waals surface area contributed by atoms with Crippen molar-refractivity contribution in [2.24, 2.45) is 17.8 Å². The minimum absolute atomic E-state index is 0.0204. The summed E-state index contributed by atoms with van der Waals surface area (Å²) < 4.78 is 0. The number of likely N-dealkylation sites (N-methyl/N-ethyl adjacent to an activating group) is 1. The number of hydrogen-bond acceptors (Lipinski definition) is 5. The maximum atomic E-state index is 13.6. The van der Waals surface area contributed by atoms with Crippen molar-refractivity contribution >= 4 is 17.6 Å². The number of hydrogen-bond donors (Lipinski definition) is 3. The average molecular weight is 717 g/mol. The second-order valence-corrected chi connectivity index (χ2v) is 14.8. The van der Waals surface area contributed by atoms with Gasteiger partial charge < -0.3 is 20.9 Å². The van der Waals surface area contributed by atoms with Crippen LogP contribution >= 0.6 is 0 Å². The highest BCUT2D eigenvalue weighted by atomic mass is 16.2. The van der Waals surface area contributed by atoms with Crippen molar-refractivity contribution in [3.63, 3.8) is 0 Å². The van der Waals surface area contributed by atoms with Crippen LogP contribution in [0.1, 0.15) is 81.2 Å². The smallest absolute Gasteiger partial charge is 0.238 e. The van der Waals surface area contributed by atoms with Gasteiger partial charge >= 0.3 is 0 Å². The molecule has 53 heavy (non-hydrogen) atoms. The number of nitrogens with one attached hydrogen (secondary N) is 3. The molecule has 4 aromatic carbocycles. The van der Waals surface area contributed by atoms with E-state index in [2.05, 4.69) is 83.4 Å². The van der Waals surface area contributed by atoms with Crippen molar-refractivity contribution in [3.8, 4) is 0 Å². The van der Waals surface area contributed by atoms with Gasteiger partial charge in [-0.15, -0.1) is 0 Å². The van der Waals surface area contributed by atoms with E-state index < -0.39 is 12.1 Å². The van der Waals surface area contributed by atoms with E-state index in [1.807, 2.05) is 79.7 Å². The minimum atomic E-state index is -0.580. The van der Waals surface area contributed by atoms with Gasteiger partial charge in [0.1, 0.15) is 0 Å². The zero-order chi connectivity index (χ0) is 38.0. The molecule has 0 radical (unpaired) electrons. The van der Waals surface area contributed by atoms with Crippen molar-refractivity contribution in [1.82, 2.24) is 20.9 Å². The van der Waals surface area contributed by atoms with E-state index in [-0.39, 0.29) is 35.5 Å². The van der Waals surface area contributed by atoms with Gasteiger partial charge in [-0.1, -0.05) is 142 Å². The van der Waals surface area contributed by atoms with E-state index in [9.17, 15) is 14.4 Å². The third-order valence-electron chi connectivity index (χ3n) is 10.5. The summed E-state index contributed by atoms with van der Waals surface area (Å²) in [4.78, 5) is 42.7. The Kier molecular flexibility index (Phi) is 16.9. The summed E-state index contributed by atoms with van der Waals surface area (Å²) in [5, 5.41) is 9.65. The summed E-state index contributed by atoms with van der Waals surface area (Å²) in [6.07, 6.45) is 4.69. The molecule has 0 saturated heterocycles. The minimum Gasteiger partial charge on any atom is -0.345 e. The molecule has 0 bridgehead atoms. The molecule has 5 atom stereocenters. The maximum absolute atomic E-state index is 13.6. The number of rotatable bonds is 22. The molecule has 7 nitrogen and oxygen atoms in total. The molecule has 0 saturated carbocycles. The Morgan fingerprint density at radius 3 is 1.66 bits per heavy atom. The van der Waals surface area contributed by atoms with E-state index in [0.29, 0.717) is 12.3 Å². The largest absolute Gasteiger partial charge is 0.345 e. The lowest BCUT2D eigenvalue weighted by Crippen LogP contribution is -2.52. The number of Topliss-reactive ketones (excluding diaryl/α,β-unsaturated/α-hetero) is 1. The summed E-state index contributed by atoms with van der Waals surface area (Å²) in [5.74, 6) is 0.0413. The van der Waals surface area contributed by atoms with Gasteiger partial charge in [-0.05, 0) is 93.8 Å². The molecule has 0 aliphatic heterocycles. The number of nitrogens with zero attached hydrogens (tertiary/aromatic N) is 1. The standard InChI is InChI=1S/C46H60N4O3/c1-34(26-28-35(2)45(52)49-44(39-22-14-8-15-23-39)40-24-16-9-17-25-40)27-29-41(30-31-50(5)33-38-20-12-7-13-21-38)43(36(3)51)48-46(53)42(47-4)32-37-18-10-6-11-19-37/h6-25,34-35,41-44,47H,26-33H2,1-5H3,(H,48,53)(H,49,52)/t34?,35-,41+,42?,43?/m0/s1. The average Bonchev–Trinajstić information content (AvgIpc) is 3.18. The molecule has 4 rings (SSSR count). The highest BCUT2D eigenvalue weighted by Gasteiger charge is 2.30. The first-order valence-electron chi connectivity index (χ1n) is 19.3. The Morgan fingerprint density at radius 2 is 1.13 bits per heavy atom. The lowest BCUT2D eigenvalue weighted by molar-refractivity contribution is -0.129. The normalized spacial score (nSPS) is 14.2. The van der Waals surface area contributed by atoms with Crippen LogP contribution in [0.2, 0.25) is 0 Å². The first kappa shape index (κ1) is 41.2. The van der Waals surface area contributed by atoms with Crippen molar-refractivity contribution in [1.29, 1.82) is 0 Å². The molecular weight excluding hydrogens is 657 g/mol. The zero-order valence-electron chi connectivity index (χ0n) is 32.3. The summed E-state index contributed by atoms with van der Waals surface area (Å²) in [7, 11) is 3.90. The number of carbonyl (C=O) groups is 3. The van der Waals surface area contributed by atoms with Gasteiger partial charge in [0.15, 0.2) is 5.78 Å². The highest BCUT2D eigenvalue weighted by molar-refractivity contribution is 5.90. The van der Waals surface area contributed by atoms with Crippen LogP contribution < -0.4 is 16.0 Å². The summed E-state index contributed by atoms with van der Waals surface area (Å²) >= 11 is 0. The van der Waals surface area contributed by atoms with Gasteiger partial charge in [-0.3, -0.25) is 14.4 Å². The van der Waals surface area contributed by atoms with Crippen molar-refractivity contribution in [2.75, 3.05) is 20.6 Å². The summed E-state index contributed by atoms with van der Waals surface area (Å²) in [6, 6.07) is 39.3. The molecule has 3 unspecified atom stereocenters.